The van der Waals surface area contributed by atoms with Gasteiger partial charge in [-0.1, -0.05) is 23.8 Å². The molecule has 0 fully saturated rings. The summed E-state index contributed by atoms with van der Waals surface area (Å²) in [6.45, 7) is 2.02. The fourth-order valence-corrected chi connectivity index (χ4v) is 2.46. The van der Waals surface area contributed by atoms with Crippen molar-refractivity contribution in [3.63, 3.8) is 0 Å². The summed E-state index contributed by atoms with van der Waals surface area (Å²) in [6, 6.07) is 12.3. The Kier molecular flexibility index (Phi) is 4.22. The lowest BCUT2D eigenvalue weighted by Crippen LogP contribution is -2.00. The molecule has 2 aromatic carbocycles. The van der Waals surface area contributed by atoms with Crippen LogP contribution in [0.1, 0.15) is 21.5 Å². The second kappa shape index (κ2) is 5.89. The molecule has 0 aliphatic carbocycles. The summed E-state index contributed by atoms with van der Waals surface area (Å²) >= 11 is 1.59. The van der Waals surface area contributed by atoms with Crippen LogP contribution in [0.2, 0.25) is 0 Å². The van der Waals surface area contributed by atoms with Gasteiger partial charge in [0.25, 0.3) is 0 Å². The summed E-state index contributed by atoms with van der Waals surface area (Å²) < 4.78 is 13.5. The zero-order valence-electron chi connectivity index (χ0n) is 10.4. The molecule has 0 atom stereocenters. The standard InChI is InChI=1S/C15H13FO2S/c1-10-2-5-12(6-3-10)19-9-11-4-7-13(15(17)18)14(16)8-11/h2-8H,9H2,1H3,(H,17,18). The fourth-order valence-electron chi connectivity index (χ4n) is 1.62. The van der Waals surface area contributed by atoms with Crippen molar-refractivity contribution in [3.8, 4) is 0 Å². The van der Waals surface area contributed by atoms with E-state index in [0.717, 1.165) is 10.5 Å². The molecule has 0 aliphatic heterocycles. The maximum atomic E-state index is 13.5. The average molecular weight is 276 g/mol. The lowest BCUT2D eigenvalue weighted by Gasteiger charge is -2.04. The van der Waals surface area contributed by atoms with Crippen molar-refractivity contribution >= 4 is 17.7 Å². The van der Waals surface area contributed by atoms with Crippen LogP contribution < -0.4 is 0 Å². The molecule has 98 valence electrons. The Labute approximate surface area is 115 Å². The Hall–Kier alpha value is -1.81. The van der Waals surface area contributed by atoms with Crippen LogP contribution >= 0.6 is 11.8 Å². The van der Waals surface area contributed by atoms with Gasteiger partial charge in [-0.15, -0.1) is 11.8 Å². The largest absolute Gasteiger partial charge is 0.478 e. The lowest BCUT2D eigenvalue weighted by molar-refractivity contribution is 0.0692. The first-order chi connectivity index (χ1) is 9.06. The van der Waals surface area contributed by atoms with Gasteiger partial charge in [0.15, 0.2) is 0 Å². The number of benzene rings is 2. The maximum Gasteiger partial charge on any atom is 0.338 e. The van der Waals surface area contributed by atoms with Crippen LogP contribution in [0, 0.1) is 12.7 Å². The van der Waals surface area contributed by atoms with Gasteiger partial charge in [0.2, 0.25) is 0 Å². The molecule has 0 radical (unpaired) electrons. The Bertz CT molecular complexity index is 594. The average Bonchev–Trinajstić information content (AvgIpc) is 2.37. The molecule has 2 nitrogen and oxygen atoms in total. The van der Waals surface area contributed by atoms with E-state index in [-0.39, 0.29) is 5.56 Å². The third-order valence-electron chi connectivity index (χ3n) is 2.69. The van der Waals surface area contributed by atoms with E-state index in [1.807, 2.05) is 31.2 Å². The SMILES string of the molecule is Cc1ccc(SCc2ccc(C(=O)O)c(F)c2)cc1. The number of carboxylic acid groups (broad SMARTS) is 1. The number of halogens is 1. The molecule has 0 spiro atoms. The predicted octanol–water partition coefficient (Wildman–Crippen LogP) is 4.12. The van der Waals surface area contributed by atoms with Gasteiger partial charge in [-0.3, -0.25) is 0 Å². The minimum atomic E-state index is -1.24. The summed E-state index contributed by atoms with van der Waals surface area (Å²) in [5.74, 6) is -1.32. The second-order valence-corrected chi connectivity index (χ2v) is 5.27. The number of aryl methyl sites for hydroxylation is 1. The third-order valence-corrected chi connectivity index (χ3v) is 3.77. The molecule has 0 heterocycles. The Morgan fingerprint density at radius 2 is 1.89 bits per heavy atom. The number of aromatic carboxylic acids is 1. The minimum Gasteiger partial charge on any atom is -0.478 e. The molecule has 2 rings (SSSR count). The van der Waals surface area contributed by atoms with Gasteiger partial charge >= 0.3 is 5.97 Å². The van der Waals surface area contributed by atoms with Crippen LogP contribution in [0.25, 0.3) is 0 Å². The smallest absolute Gasteiger partial charge is 0.338 e. The van der Waals surface area contributed by atoms with E-state index in [4.69, 9.17) is 5.11 Å². The second-order valence-electron chi connectivity index (χ2n) is 4.22. The maximum absolute atomic E-state index is 13.5. The lowest BCUT2D eigenvalue weighted by atomic mass is 10.1. The summed E-state index contributed by atoms with van der Waals surface area (Å²) in [5.41, 5.74) is 1.68. The minimum absolute atomic E-state index is 0.288. The molecule has 19 heavy (non-hydrogen) atoms. The molecular weight excluding hydrogens is 263 g/mol. The molecule has 0 amide bonds. The first-order valence-electron chi connectivity index (χ1n) is 5.77. The van der Waals surface area contributed by atoms with E-state index >= 15 is 0 Å². The fraction of sp³-hybridized carbons (Fsp3) is 0.133. The van der Waals surface area contributed by atoms with E-state index in [9.17, 15) is 9.18 Å². The van der Waals surface area contributed by atoms with E-state index in [1.54, 1.807) is 17.8 Å². The van der Waals surface area contributed by atoms with Gasteiger partial charge in [0, 0.05) is 10.6 Å². The van der Waals surface area contributed by atoms with Gasteiger partial charge in [-0.05, 0) is 36.8 Å². The Balaban J connectivity index is 2.06. The molecular formula is C15H13FO2S. The van der Waals surface area contributed by atoms with Crippen LogP contribution in [0.3, 0.4) is 0 Å². The first kappa shape index (κ1) is 13.6. The number of carbonyl (C=O) groups is 1. The van der Waals surface area contributed by atoms with Crippen LogP contribution in [0.4, 0.5) is 4.39 Å². The molecule has 0 aliphatic rings. The topological polar surface area (TPSA) is 37.3 Å². The molecule has 2 aromatic rings. The Morgan fingerprint density at radius 1 is 1.21 bits per heavy atom. The van der Waals surface area contributed by atoms with Gasteiger partial charge < -0.3 is 5.11 Å². The zero-order chi connectivity index (χ0) is 13.8. The van der Waals surface area contributed by atoms with Gasteiger partial charge in [0.1, 0.15) is 5.82 Å². The third kappa shape index (κ3) is 3.58. The summed E-state index contributed by atoms with van der Waals surface area (Å²) in [5, 5.41) is 8.75. The number of rotatable bonds is 4. The molecule has 0 unspecified atom stereocenters. The quantitative estimate of drug-likeness (QED) is 0.853. The highest BCUT2D eigenvalue weighted by Gasteiger charge is 2.10. The Morgan fingerprint density at radius 3 is 2.47 bits per heavy atom. The molecule has 0 bridgehead atoms. The zero-order valence-corrected chi connectivity index (χ0v) is 11.2. The van der Waals surface area contributed by atoms with Crippen LogP contribution in [-0.2, 0) is 5.75 Å². The number of hydrogen-bond donors (Lipinski definition) is 1. The number of carboxylic acids is 1. The van der Waals surface area contributed by atoms with E-state index in [2.05, 4.69) is 0 Å². The molecule has 0 aromatic heterocycles. The number of thioether (sulfide) groups is 1. The normalized spacial score (nSPS) is 10.4. The van der Waals surface area contributed by atoms with Crippen molar-refractivity contribution in [2.45, 2.75) is 17.6 Å². The van der Waals surface area contributed by atoms with Crippen LogP contribution in [-0.4, -0.2) is 11.1 Å². The van der Waals surface area contributed by atoms with E-state index in [1.165, 1.54) is 17.7 Å². The van der Waals surface area contributed by atoms with Crippen molar-refractivity contribution in [1.29, 1.82) is 0 Å². The molecule has 4 heteroatoms. The molecule has 1 N–H and O–H groups in total. The van der Waals surface area contributed by atoms with Crippen molar-refractivity contribution in [3.05, 3.63) is 65.0 Å². The summed E-state index contributed by atoms with van der Waals surface area (Å²) in [6.07, 6.45) is 0. The van der Waals surface area contributed by atoms with Crippen LogP contribution in [0.5, 0.6) is 0 Å². The van der Waals surface area contributed by atoms with Crippen molar-refractivity contribution in [2.75, 3.05) is 0 Å². The first-order valence-corrected chi connectivity index (χ1v) is 6.76. The highest BCUT2D eigenvalue weighted by Crippen LogP contribution is 2.24. The summed E-state index contributed by atoms with van der Waals surface area (Å²) in [4.78, 5) is 11.8. The predicted molar refractivity (Wildman–Crippen MR) is 74.1 cm³/mol. The van der Waals surface area contributed by atoms with Gasteiger partial charge in [-0.25, -0.2) is 9.18 Å². The molecule has 0 saturated heterocycles. The molecule has 0 saturated carbocycles. The highest BCUT2D eigenvalue weighted by molar-refractivity contribution is 7.98. The number of hydrogen-bond acceptors (Lipinski definition) is 2. The van der Waals surface area contributed by atoms with Crippen molar-refractivity contribution < 1.29 is 14.3 Å². The van der Waals surface area contributed by atoms with Crippen LogP contribution in [0.15, 0.2) is 47.4 Å². The van der Waals surface area contributed by atoms with Gasteiger partial charge in [-0.2, -0.15) is 0 Å². The monoisotopic (exact) mass is 276 g/mol. The van der Waals surface area contributed by atoms with Crippen molar-refractivity contribution in [1.82, 2.24) is 0 Å². The van der Waals surface area contributed by atoms with E-state index < -0.39 is 11.8 Å². The van der Waals surface area contributed by atoms with Crippen molar-refractivity contribution in [2.24, 2.45) is 0 Å². The highest BCUT2D eigenvalue weighted by atomic mass is 32.2. The summed E-state index contributed by atoms with van der Waals surface area (Å²) in [7, 11) is 0. The van der Waals surface area contributed by atoms with E-state index in [0.29, 0.717) is 5.75 Å². The van der Waals surface area contributed by atoms with Gasteiger partial charge in [0.05, 0.1) is 5.56 Å².